The van der Waals surface area contributed by atoms with Crippen LogP contribution in [-0.4, -0.2) is 19.7 Å². The van der Waals surface area contributed by atoms with Crippen molar-refractivity contribution in [2.24, 2.45) is 0 Å². The first-order valence-electron chi connectivity index (χ1n) is 7.71. The number of aromatic nitrogens is 3. The van der Waals surface area contributed by atoms with Gasteiger partial charge in [-0.1, -0.05) is 12.1 Å². The number of hydrogen-bond donors (Lipinski definition) is 1. The maximum absolute atomic E-state index is 13.9. The smallest absolute Gasteiger partial charge is 0.278 e. The number of anilines is 2. The standard InChI is InChI=1S/C18H12FN5O2/c19-15-3-1-2-4-18(15)23-11-12(9-21-23)22-16-5-6-17(24(25)26)14-10-20-8-7-13(14)16/h1-11,22H. The summed E-state index contributed by atoms with van der Waals surface area (Å²) in [5.41, 5.74) is 1.61. The number of para-hydroxylation sites is 1. The quantitative estimate of drug-likeness (QED) is 0.440. The van der Waals surface area contributed by atoms with Crippen LogP contribution in [0.3, 0.4) is 0 Å². The third-order valence-electron chi connectivity index (χ3n) is 3.95. The fraction of sp³-hybridized carbons (Fsp3) is 0. The summed E-state index contributed by atoms with van der Waals surface area (Å²) >= 11 is 0. The zero-order valence-corrected chi connectivity index (χ0v) is 13.3. The highest BCUT2D eigenvalue weighted by molar-refractivity contribution is 6.00. The molecule has 0 atom stereocenters. The molecular formula is C18H12FN5O2. The van der Waals surface area contributed by atoms with Gasteiger partial charge in [-0.3, -0.25) is 15.1 Å². The van der Waals surface area contributed by atoms with Gasteiger partial charge in [-0.15, -0.1) is 0 Å². The van der Waals surface area contributed by atoms with E-state index in [1.165, 1.54) is 23.0 Å². The first kappa shape index (κ1) is 15.7. The molecule has 8 heteroatoms. The van der Waals surface area contributed by atoms with Crippen molar-refractivity contribution in [1.82, 2.24) is 14.8 Å². The van der Waals surface area contributed by atoms with Crippen molar-refractivity contribution in [1.29, 1.82) is 0 Å². The van der Waals surface area contributed by atoms with E-state index in [-0.39, 0.29) is 11.5 Å². The zero-order chi connectivity index (χ0) is 18.1. The van der Waals surface area contributed by atoms with Gasteiger partial charge in [0, 0.05) is 29.5 Å². The highest BCUT2D eigenvalue weighted by Gasteiger charge is 2.15. The highest BCUT2D eigenvalue weighted by Crippen LogP contribution is 2.32. The predicted molar refractivity (Wildman–Crippen MR) is 95.2 cm³/mol. The first-order chi connectivity index (χ1) is 12.6. The van der Waals surface area contributed by atoms with Crippen molar-refractivity contribution in [3.63, 3.8) is 0 Å². The SMILES string of the molecule is O=[N+]([O-])c1ccc(Nc2cnn(-c3ccccc3F)c2)c2ccncc12. The lowest BCUT2D eigenvalue weighted by atomic mass is 10.1. The molecule has 26 heavy (non-hydrogen) atoms. The van der Waals surface area contributed by atoms with Crippen LogP contribution in [0.2, 0.25) is 0 Å². The van der Waals surface area contributed by atoms with Crippen LogP contribution in [0.25, 0.3) is 16.5 Å². The van der Waals surface area contributed by atoms with Crippen LogP contribution in [0, 0.1) is 15.9 Å². The maximum atomic E-state index is 13.9. The number of halogens is 1. The van der Waals surface area contributed by atoms with Gasteiger partial charge < -0.3 is 5.32 Å². The van der Waals surface area contributed by atoms with Gasteiger partial charge in [0.1, 0.15) is 11.5 Å². The van der Waals surface area contributed by atoms with E-state index in [0.717, 1.165) is 0 Å². The van der Waals surface area contributed by atoms with Crippen molar-refractivity contribution in [3.8, 4) is 5.69 Å². The summed E-state index contributed by atoms with van der Waals surface area (Å²) < 4.78 is 15.3. The van der Waals surface area contributed by atoms with E-state index in [2.05, 4.69) is 15.4 Å². The normalized spacial score (nSPS) is 10.8. The van der Waals surface area contributed by atoms with Crippen molar-refractivity contribution in [2.45, 2.75) is 0 Å². The Labute approximate surface area is 146 Å². The molecule has 4 rings (SSSR count). The lowest BCUT2D eigenvalue weighted by molar-refractivity contribution is -0.383. The summed E-state index contributed by atoms with van der Waals surface area (Å²) in [5, 5.41) is 19.6. The Bertz CT molecular complexity index is 1130. The number of nitrogens with one attached hydrogen (secondary N) is 1. The zero-order valence-electron chi connectivity index (χ0n) is 13.3. The van der Waals surface area contributed by atoms with Crippen molar-refractivity contribution in [2.75, 3.05) is 5.32 Å². The van der Waals surface area contributed by atoms with E-state index >= 15 is 0 Å². The Kier molecular flexibility index (Phi) is 3.77. The van der Waals surface area contributed by atoms with E-state index in [4.69, 9.17) is 0 Å². The summed E-state index contributed by atoms with van der Waals surface area (Å²) in [5.74, 6) is -0.381. The predicted octanol–water partition coefficient (Wildman–Crippen LogP) is 4.21. The lowest BCUT2D eigenvalue weighted by Gasteiger charge is -2.08. The molecule has 128 valence electrons. The molecule has 4 aromatic rings. The molecule has 2 aromatic carbocycles. The lowest BCUT2D eigenvalue weighted by Crippen LogP contribution is -1.97. The second-order valence-electron chi connectivity index (χ2n) is 5.56. The largest absolute Gasteiger partial charge is 0.352 e. The number of nitrogens with zero attached hydrogens (tertiary/aromatic N) is 4. The molecule has 0 saturated heterocycles. The Morgan fingerprint density at radius 2 is 1.92 bits per heavy atom. The Balaban J connectivity index is 1.72. The average molecular weight is 349 g/mol. The van der Waals surface area contributed by atoms with Crippen LogP contribution >= 0.6 is 0 Å². The molecule has 0 bridgehead atoms. The molecule has 2 heterocycles. The van der Waals surface area contributed by atoms with E-state index < -0.39 is 4.92 Å². The molecule has 0 aliphatic carbocycles. The van der Waals surface area contributed by atoms with E-state index in [1.807, 2.05) is 0 Å². The summed E-state index contributed by atoms with van der Waals surface area (Å²) in [6.07, 6.45) is 6.23. The number of pyridine rings is 1. The minimum atomic E-state index is -0.440. The van der Waals surface area contributed by atoms with E-state index in [1.54, 1.807) is 48.9 Å². The molecular weight excluding hydrogens is 337 g/mol. The molecule has 2 aromatic heterocycles. The monoisotopic (exact) mass is 349 g/mol. The first-order valence-corrected chi connectivity index (χ1v) is 7.71. The Morgan fingerprint density at radius 3 is 2.73 bits per heavy atom. The second kappa shape index (κ2) is 6.25. The molecule has 0 amide bonds. The Hall–Kier alpha value is -3.81. The minimum absolute atomic E-state index is 0.0132. The van der Waals surface area contributed by atoms with Gasteiger partial charge >= 0.3 is 0 Å². The number of benzene rings is 2. The second-order valence-corrected chi connectivity index (χ2v) is 5.56. The topological polar surface area (TPSA) is 85.9 Å². The molecule has 0 spiro atoms. The number of non-ortho nitro benzene ring substituents is 1. The van der Waals surface area contributed by atoms with E-state index in [0.29, 0.717) is 27.8 Å². The van der Waals surface area contributed by atoms with Crippen molar-refractivity contribution < 1.29 is 9.31 Å². The number of rotatable bonds is 4. The van der Waals surface area contributed by atoms with Gasteiger partial charge in [-0.2, -0.15) is 5.10 Å². The van der Waals surface area contributed by atoms with Crippen LogP contribution < -0.4 is 5.32 Å². The summed E-state index contributed by atoms with van der Waals surface area (Å²) in [6.45, 7) is 0. The average Bonchev–Trinajstić information content (AvgIpc) is 3.10. The number of fused-ring (bicyclic) bond motifs is 1. The number of hydrogen-bond acceptors (Lipinski definition) is 5. The molecule has 0 saturated carbocycles. The molecule has 0 radical (unpaired) electrons. The minimum Gasteiger partial charge on any atom is -0.352 e. The molecule has 1 N–H and O–H groups in total. The van der Waals surface area contributed by atoms with Crippen LogP contribution in [0.1, 0.15) is 0 Å². The fourth-order valence-electron chi connectivity index (χ4n) is 2.76. The van der Waals surface area contributed by atoms with Crippen molar-refractivity contribution >= 4 is 27.8 Å². The van der Waals surface area contributed by atoms with Gasteiger partial charge in [0.15, 0.2) is 0 Å². The third-order valence-corrected chi connectivity index (χ3v) is 3.95. The fourth-order valence-corrected chi connectivity index (χ4v) is 2.76. The Morgan fingerprint density at radius 1 is 1.08 bits per heavy atom. The summed E-state index contributed by atoms with van der Waals surface area (Å²) in [7, 11) is 0. The van der Waals surface area contributed by atoms with E-state index in [9.17, 15) is 14.5 Å². The van der Waals surface area contributed by atoms with Gasteiger partial charge in [0.05, 0.1) is 28.4 Å². The van der Waals surface area contributed by atoms with Crippen LogP contribution in [-0.2, 0) is 0 Å². The molecule has 7 nitrogen and oxygen atoms in total. The van der Waals surface area contributed by atoms with Crippen LogP contribution in [0.15, 0.2) is 67.3 Å². The molecule has 0 aliphatic rings. The van der Waals surface area contributed by atoms with Gasteiger partial charge in [-0.05, 0) is 24.3 Å². The molecule has 0 fully saturated rings. The summed E-state index contributed by atoms with van der Waals surface area (Å²) in [4.78, 5) is 14.7. The number of nitro benzene ring substituents is 1. The molecule has 0 aliphatic heterocycles. The van der Waals surface area contributed by atoms with Gasteiger partial charge in [0.25, 0.3) is 5.69 Å². The van der Waals surface area contributed by atoms with Gasteiger partial charge in [0.2, 0.25) is 0 Å². The third kappa shape index (κ3) is 2.73. The number of nitro groups is 1. The summed E-state index contributed by atoms with van der Waals surface area (Å²) in [6, 6.07) is 11.1. The van der Waals surface area contributed by atoms with Crippen LogP contribution in [0.5, 0.6) is 0 Å². The van der Waals surface area contributed by atoms with Crippen molar-refractivity contribution in [3.05, 3.63) is 83.2 Å². The van der Waals surface area contributed by atoms with Crippen LogP contribution in [0.4, 0.5) is 21.5 Å². The van der Waals surface area contributed by atoms with Gasteiger partial charge in [-0.25, -0.2) is 9.07 Å². The molecule has 0 unspecified atom stereocenters. The highest BCUT2D eigenvalue weighted by atomic mass is 19.1. The maximum Gasteiger partial charge on any atom is 0.278 e.